The number of anilines is 1. The van der Waals surface area contributed by atoms with Crippen molar-refractivity contribution >= 4 is 33.7 Å². The SMILES string of the molecule is Cc1ccnc(NS(=O)(=O)c2ccc(N=Cc3ccc(OCCn4c([N+](=O)[O-])cnc4C)cc3)cc2)n1. The third-order valence-corrected chi connectivity index (χ3v) is 6.56. The third-order valence-electron chi connectivity index (χ3n) is 5.21. The van der Waals surface area contributed by atoms with Gasteiger partial charge in [-0.1, -0.05) is 0 Å². The van der Waals surface area contributed by atoms with Crippen LogP contribution in [0.4, 0.5) is 17.5 Å². The van der Waals surface area contributed by atoms with Gasteiger partial charge in [0.2, 0.25) is 5.95 Å². The zero-order valence-electron chi connectivity index (χ0n) is 20.0. The molecule has 0 aliphatic rings. The molecule has 2 aromatic heterocycles. The fourth-order valence-corrected chi connectivity index (χ4v) is 4.27. The van der Waals surface area contributed by atoms with E-state index in [1.807, 2.05) is 12.1 Å². The minimum atomic E-state index is -3.83. The summed E-state index contributed by atoms with van der Waals surface area (Å²) < 4.78 is 34.7. The molecule has 2 aromatic carbocycles. The number of ether oxygens (including phenoxy) is 1. The fourth-order valence-electron chi connectivity index (χ4n) is 3.32. The van der Waals surface area contributed by atoms with Crippen LogP contribution in [0.5, 0.6) is 5.75 Å². The zero-order valence-corrected chi connectivity index (χ0v) is 20.8. The minimum absolute atomic E-state index is 0.00711. The average Bonchev–Trinajstić information content (AvgIpc) is 3.24. The Morgan fingerprint density at radius 2 is 1.81 bits per heavy atom. The Kier molecular flexibility index (Phi) is 7.53. The van der Waals surface area contributed by atoms with Crippen LogP contribution in [0.1, 0.15) is 17.1 Å². The Morgan fingerprint density at radius 3 is 2.49 bits per heavy atom. The number of nitrogens with one attached hydrogen (secondary N) is 1. The van der Waals surface area contributed by atoms with E-state index in [0.717, 1.165) is 5.56 Å². The van der Waals surface area contributed by atoms with Crippen LogP contribution in [0.25, 0.3) is 0 Å². The van der Waals surface area contributed by atoms with Gasteiger partial charge in [-0.2, -0.15) is 0 Å². The third kappa shape index (κ3) is 6.52. The predicted molar refractivity (Wildman–Crippen MR) is 137 cm³/mol. The van der Waals surface area contributed by atoms with Crippen molar-refractivity contribution in [3.05, 3.63) is 94.2 Å². The molecule has 0 fully saturated rings. The van der Waals surface area contributed by atoms with E-state index in [1.54, 1.807) is 50.4 Å². The molecule has 4 rings (SSSR count). The molecule has 1 N–H and O–H groups in total. The lowest BCUT2D eigenvalue weighted by molar-refractivity contribution is -0.392. The lowest BCUT2D eigenvalue weighted by atomic mass is 10.2. The molecule has 37 heavy (non-hydrogen) atoms. The Labute approximate surface area is 212 Å². The number of aliphatic imine (C=N–C) groups is 1. The highest BCUT2D eigenvalue weighted by molar-refractivity contribution is 7.92. The topological polar surface area (TPSA) is 154 Å². The van der Waals surface area contributed by atoms with Crippen molar-refractivity contribution in [2.75, 3.05) is 11.3 Å². The summed E-state index contributed by atoms with van der Waals surface area (Å²) in [5.74, 6) is 1.09. The van der Waals surface area contributed by atoms with Crippen LogP contribution >= 0.6 is 0 Å². The second kappa shape index (κ2) is 11.0. The lowest BCUT2D eigenvalue weighted by Crippen LogP contribution is -2.15. The van der Waals surface area contributed by atoms with Gasteiger partial charge in [0, 0.05) is 25.0 Å². The Bertz CT molecular complexity index is 1530. The van der Waals surface area contributed by atoms with Gasteiger partial charge in [-0.15, -0.1) is 0 Å². The minimum Gasteiger partial charge on any atom is -0.489 e. The fraction of sp³-hybridized carbons (Fsp3) is 0.167. The maximum atomic E-state index is 12.6. The van der Waals surface area contributed by atoms with Crippen molar-refractivity contribution in [3.8, 4) is 5.75 Å². The van der Waals surface area contributed by atoms with Crippen LogP contribution in [-0.2, 0) is 16.6 Å². The molecule has 0 aliphatic carbocycles. The molecule has 2 heterocycles. The molecule has 0 amide bonds. The standard InChI is InChI=1S/C24H23N7O5S/c1-17-11-12-25-24(28-17)29-37(34,35)22-9-5-20(6-10-22)27-15-19-3-7-21(8-4-19)36-14-13-30-18(2)26-16-23(30)31(32)33/h3-12,15-16H,13-14H2,1-2H3,(H,25,28,29). The summed E-state index contributed by atoms with van der Waals surface area (Å²) >= 11 is 0. The first-order chi connectivity index (χ1) is 17.7. The van der Waals surface area contributed by atoms with Crippen LogP contribution in [0, 0.1) is 24.0 Å². The summed E-state index contributed by atoms with van der Waals surface area (Å²) in [6.07, 6.45) is 4.35. The highest BCUT2D eigenvalue weighted by Crippen LogP contribution is 2.19. The summed E-state index contributed by atoms with van der Waals surface area (Å²) in [6.45, 7) is 3.98. The van der Waals surface area contributed by atoms with Crippen molar-refractivity contribution < 1.29 is 18.1 Å². The molecule has 0 spiro atoms. The number of nitro groups is 1. The quantitative estimate of drug-likeness (QED) is 0.188. The van der Waals surface area contributed by atoms with E-state index < -0.39 is 14.9 Å². The van der Waals surface area contributed by atoms with Gasteiger partial charge in [0.05, 0.1) is 10.6 Å². The number of rotatable bonds is 10. The number of nitrogens with zero attached hydrogens (tertiary/aromatic N) is 6. The van der Waals surface area contributed by atoms with Gasteiger partial charge in [0.25, 0.3) is 10.0 Å². The van der Waals surface area contributed by atoms with Crippen molar-refractivity contribution in [1.29, 1.82) is 0 Å². The zero-order chi connectivity index (χ0) is 26.4. The number of sulfonamides is 1. The number of aryl methyl sites for hydroxylation is 2. The molecule has 0 unspecified atom stereocenters. The summed E-state index contributed by atoms with van der Waals surface area (Å²) in [6, 6.07) is 14.9. The van der Waals surface area contributed by atoms with Crippen molar-refractivity contribution in [2.45, 2.75) is 25.3 Å². The van der Waals surface area contributed by atoms with Crippen LogP contribution in [0.3, 0.4) is 0 Å². The second-order valence-corrected chi connectivity index (χ2v) is 9.55. The summed E-state index contributed by atoms with van der Waals surface area (Å²) in [5, 5.41) is 11.1. The highest BCUT2D eigenvalue weighted by Gasteiger charge is 2.17. The van der Waals surface area contributed by atoms with Gasteiger partial charge >= 0.3 is 5.82 Å². The summed E-state index contributed by atoms with van der Waals surface area (Å²) in [4.78, 5) is 27.0. The van der Waals surface area contributed by atoms with E-state index >= 15 is 0 Å². The van der Waals surface area contributed by atoms with Gasteiger partial charge in [-0.05, 0) is 72.0 Å². The van der Waals surface area contributed by atoms with Crippen molar-refractivity contribution in [2.24, 2.45) is 4.99 Å². The number of imidazole rings is 1. The average molecular weight is 522 g/mol. The molecule has 0 saturated carbocycles. The van der Waals surface area contributed by atoms with Gasteiger partial charge in [-0.3, -0.25) is 4.99 Å². The van der Waals surface area contributed by atoms with E-state index in [4.69, 9.17) is 4.74 Å². The molecular weight excluding hydrogens is 498 g/mol. The Hall–Kier alpha value is -4.65. The largest absolute Gasteiger partial charge is 0.489 e. The Balaban J connectivity index is 1.33. The first-order valence-corrected chi connectivity index (χ1v) is 12.6. The van der Waals surface area contributed by atoms with E-state index in [1.165, 1.54) is 29.1 Å². The molecule has 0 aliphatic heterocycles. The van der Waals surface area contributed by atoms with E-state index in [-0.39, 0.29) is 23.3 Å². The number of benzene rings is 2. The maximum absolute atomic E-state index is 12.6. The molecule has 0 bridgehead atoms. The number of hydrogen-bond donors (Lipinski definition) is 1. The van der Waals surface area contributed by atoms with E-state index in [9.17, 15) is 18.5 Å². The van der Waals surface area contributed by atoms with Crippen LogP contribution in [0.2, 0.25) is 0 Å². The normalized spacial score (nSPS) is 11.5. The molecule has 0 saturated heterocycles. The lowest BCUT2D eigenvalue weighted by Gasteiger charge is -2.07. The van der Waals surface area contributed by atoms with Crippen molar-refractivity contribution in [1.82, 2.24) is 19.5 Å². The molecule has 13 heteroatoms. The van der Waals surface area contributed by atoms with Gasteiger partial charge in [0.15, 0.2) is 5.82 Å². The maximum Gasteiger partial charge on any atom is 0.342 e. The van der Waals surface area contributed by atoms with Crippen LogP contribution < -0.4 is 9.46 Å². The highest BCUT2D eigenvalue weighted by atomic mass is 32.2. The van der Waals surface area contributed by atoms with Crippen molar-refractivity contribution in [3.63, 3.8) is 0 Å². The monoisotopic (exact) mass is 521 g/mol. The van der Waals surface area contributed by atoms with Crippen LogP contribution in [-0.4, -0.2) is 45.7 Å². The molecule has 12 nitrogen and oxygen atoms in total. The smallest absolute Gasteiger partial charge is 0.342 e. The predicted octanol–water partition coefficient (Wildman–Crippen LogP) is 3.83. The second-order valence-electron chi connectivity index (χ2n) is 7.87. The first-order valence-electron chi connectivity index (χ1n) is 11.1. The molecule has 0 radical (unpaired) electrons. The molecule has 4 aromatic rings. The number of hydrogen-bond acceptors (Lipinski definition) is 9. The summed E-state index contributed by atoms with van der Waals surface area (Å²) in [5.41, 5.74) is 2.03. The van der Waals surface area contributed by atoms with Gasteiger partial charge in [0.1, 0.15) is 25.1 Å². The van der Waals surface area contributed by atoms with Gasteiger partial charge < -0.3 is 14.9 Å². The molecular formula is C24H23N7O5S. The molecule has 190 valence electrons. The summed E-state index contributed by atoms with van der Waals surface area (Å²) in [7, 11) is -3.83. The van der Waals surface area contributed by atoms with Crippen LogP contribution in [0.15, 0.2) is 76.9 Å². The van der Waals surface area contributed by atoms with Gasteiger partial charge in [-0.25, -0.2) is 32.7 Å². The Morgan fingerprint density at radius 1 is 1.08 bits per heavy atom. The number of aromatic nitrogens is 4. The molecule has 0 atom stereocenters. The van der Waals surface area contributed by atoms with E-state index in [0.29, 0.717) is 29.5 Å². The first kappa shape index (κ1) is 25.4. The van der Waals surface area contributed by atoms with E-state index in [2.05, 4.69) is 24.7 Å².